The van der Waals surface area contributed by atoms with Gasteiger partial charge in [0.2, 0.25) is 5.95 Å². The predicted molar refractivity (Wildman–Crippen MR) is 156 cm³/mol. The second kappa shape index (κ2) is 11.0. The van der Waals surface area contributed by atoms with Crippen LogP contribution in [-0.4, -0.2) is 72.4 Å². The fourth-order valence-electron chi connectivity index (χ4n) is 4.76. The number of nitriles is 1. The highest BCUT2D eigenvalue weighted by molar-refractivity contribution is 5.77. The third-order valence-electron chi connectivity index (χ3n) is 6.95. The maximum Gasteiger partial charge on any atom is 0.278 e. The molecule has 0 aliphatic carbocycles. The van der Waals surface area contributed by atoms with Crippen molar-refractivity contribution in [3.63, 3.8) is 0 Å². The van der Waals surface area contributed by atoms with Gasteiger partial charge in [-0.3, -0.25) is 4.79 Å². The van der Waals surface area contributed by atoms with Crippen molar-refractivity contribution in [2.45, 2.75) is 6.54 Å². The molecule has 204 valence electrons. The molecule has 0 amide bonds. The minimum Gasteiger partial charge on any atom is -0.369 e. The van der Waals surface area contributed by atoms with E-state index in [-0.39, 0.29) is 17.8 Å². The lowest BCUT2D eigenvalue weighted by Gasteiger charge is -2.34. The summed E-state index contributed by atoms with van der Waals surface area (Å²) in [5, 5.41) is 12.6. The number of hydrogen-bond acceptors (Lipinski definition) is 10. The Kier molecular flexibility index (Phi) is 6.93. The van der Waals surface area contributed by atoms with Crippen molar-refractivity contribution in [2.75, 3.05) is 43.4 Å². The molecule has 1 aliphatic heterocycles. The van der Waals surface area contributed by atoms with Gasteiger partial charge in [0.25, 0.3) is 5.56 Å². The molecule has 41 heavy (non-hydrogen) atoms. The van der Waals surface area contributed by atoms with Crippen molar-refractivity contribution in [3.8, 4) is 23.3 Å². The van der Waals surface area contributed by atoms with E-state index in [4.69, 9.17) is 15.2 Å². The first-order valence-corrected chi connectivity index (χ1v) is 13.1. The van der Waals surface area contributed by atoms with E-state index in [9.17, 15) is 4.79 Å². The number of likely N-dealkylation sites (N-methyl/N-ethyl adjacent to an activating group) is 1. The zero-order valence-electron chi connectivity index (χ0n) is 22.5. The van der Waals surface area contributed by atoms with E-state index < -0.39 is 0 Å². The maximum absolute atomic E-state index is 13.3. The standard InChI is InChI=1S/C29H27N11O/c1-3-11-39-28(41)23-18-33-29(34-20-7-9-22(10-8-20)38-14-12-37(2)13-15-38)36-27(23)40(39)26-6-4-5-24(35-26)25-19-31-21(16-30)17-32-25/h3-10,17-19H,1,11-15H2,2H3,(H,33,34,36). The normalized spacial score (nSPS) is 13.7. The van der Waals surface area contributed by atoms with Crippen LogP contribution in [0.25, 0.3) is 28.2 Å². The largest absolute Gasteiger partial charge is 0.369 e. The molecule has 5 heterocycles. The lowest BCUT2D eigenvalue weighted by molar-refractivity contribution is 0.313. The van der Waals surface area contributed by atoms with E-state index in [0.717, 1.165) is 31.9 Å². The van der Waals surface area contributed by atoms with Crippen LogP contribution in [0.5, 0.6) is 0 Å². The summed E-state index contributed by atoms with van der Waals surface area (Å²) in [4.78, 5) is 40.3. The zero-order valence-corrected chi connectivity index (χ0v) is 22.5. The molecule has 12 heteroatoms. The van der Waals surface area contributed by atoms with Gasteiger partial charge in [0, 0.05) is 43.8 Å². The van der Waals surface area contributed by atoms with Crippen LogP contribution in [0.1, 0.15) is 5.69 Å². The van der Waals surface area contributed by atoms with E-state index in [0.29, 0.717) is 34.2 Å². The molecule has 0 atom stereocenters. The fourth-order valence-corrected chi connectivity index (χ4v) is 4.76. The third kappa shape index (κ3) is 5.13. The highest BCUT2D eigenvalue weighted by Gasteiger charge is 2.19. The molecule has 1 aliphatic rings. The molecule has 0 radical (unpaired) electrons. The highest BCUT2D eigenvalue weighted by Crippen LogP contribution is 2.23. The van der Waals surface area contributed by atoms with Crippen LogP contribution in [0, 0.1) is 11.3 Å². The molecule has 6 rings (SSSR count). The Morgan fingerprint density at radius 3 is 2.49 bits per heavy atom. The third-order valence-corrected chi connectivity index (χ3v) is 6.95. The molecule has 0 spiro atoms. The van der Waals surface area contributed by atoms with E-state index >= 15 is 0 Å². The number of fused-ring (bicyclic) bond motifs is 1. The van der Waals surface area contributed by atoms with Crippen LogP contribution in [0.3, 0.4) is 0 Å². The predicted octanol–water partition coefficient (Wildman–Crippen LogP) is 2.99. The smallest absolute Gasteiger partial charge is 0.278 e. The van der Waals surface area contributed by atoms with Crippen molar-refractivity contribution < 1.29 is 0 Å². The van der Waals surface area contributed by atoms with Gasteiger partial charge in [-0.05, 0) is 43.4 Å². The van der Waals surface area contributed by atoms with Crippen LogP contribution in [0.2, 0.25) is 0 Å². The number of pyridine rings is 1. The summed E-state index contributed by atoms with van der Waals surface area (Å²) < 4.78 is 3.17. The van der Waals surface area contributed by atoms with Gasteiger partial charge in [-0.25, -0.2) is 29.3 Å². The Balaban J connectivity index is 1.35. The summed E-state index contributed by atoms with van der Waals surface area (Å²) in [5.41, 5.74) is 3.40. The second-order valence-corrected chi connectivity index (χ2v) is 9.66. The lowest BCUT2D eigenvalue weighted by atomic mass is 10.2. The van der Waals surface area contributed by atoms with Gasteiger partial charge in [-0.2, -0.15) is 10.2 Å². The number of benzene rings is 1. The second-order valence-electron chi connectivity index (χ2n) is 9.66. The van der Waals surface area contributed by atoms with Gasteiger partial charge in [0.1, 0.15) is 17.1 Å². The summed E-state index contributed by atoms with van der Waals surface area (Å²) in [7, 11) is 2.14. The van der Waals surface area contributed by atoms with E-state index in [2.05, 4.69) is 55.8 Å². The molecule has 4 aromatic heterocycles. The first-order chi connectivity index (χ1) is 20.0. The van der Waals surface area contributed by atoms with E-state index in [1.165, 1.54) is 29.0 Å². The molecule has 1 N–H and O–H groups in total. The van der Waals surface area contributed by atoms with Crippen molar-refractivity contribution in [3.05, 3.63) is 89.8 Å². The van der Waals surface area contributed by atoms with Gasteiger partial charge >= 0.3 is 0 Å². The molecule has 1 fully saturated rings. The van der Waals surface area contributed by atoms with E-state index in [1.807, 2.05) is 24.3 Å². The quantitative estimate of drug-likeness (QED) is 0.304. The van der Waals surface area contributed by atoms with Gasteiger partial charge in [0.05, 0.1) is 24.6 Å². The summed E-state index contributed by atoms with van der Waals surface area (Å²) >= 11 is 0. The number of piperazine rings is 1. The molecule has 5 aromatic rings. The summed E-state index contributed by atoms with van der Waals surface area (Å²) in [5.74, 6) is 0.812. The Bertz CT molecular complexity index is 1810. The number of anilines is 3. The van der Waals surface area contributed by atoms with Crippen LogP contribution in [-0.2, 0) is 6.54 Å². The van der Waals surface area contributed by atoms with E-state index in [1.54, 1.807) is 22.9 Å². The molecule has 0 saturated carbocycles. The summed E-state index contributed by atoms with van der Waals surface area (Å²) in [6, 6.07) is 15.5. The fraction of sp³-hybridized carbons (Fsp3) is 0.207. The lowest BCUT2D eigenvalue weighted by Crippen LogP contribution is -2.44. The summed E-state index contributed by atoms with van der Waals surface area (Å²) in [6.07, 6.45) is 6.05. The Morgan fingerprint density at radius 2 is 1.78 bits per heavy atom. The monoisotopic (exact) mass is 545 g/mol. The molecule has 1 aromatic carbocycles. The van der Waals surface area contributed by atoms with Crippen LogP contribution < -0.4 is 15.8 Å². The number of allylic oxidation sites excluding steroid dienone is 1. The van der Waals surface area contributed by atoms with Gasteiger partial charge < -0.3 is 15.1 Å². The maximum atomic E-state index is 13.3. The topological polar surface area (TPSA) is 134 Å². The molecular formula is C29H27N11O. The molecule has 0 unspecified atom stereocenters. The SMILES string of the molecule is C=CCn1c(=O)c2cnc(Nc3ccc(N4CCN(C)CC4)cc3)nc2n1-c1cccc(-c2cnc(C#N)cn2)n1. The van der Waals surface area contributed by atoms with Crippen molar-refractivity contribution in [1.29, 1.82) is 5.26 Å². The van der Waals surface area contributed by atoms with Crippen LogP contribution >= 0.6 is 0 Å². The zero-order chi connectivity index (χ0) is 28.3. The minimum absolute atomic E-state index is 0.215. The number of aromatic nitrogens is 7. The number of nitrogens with one attached hydrogen (secondary N) is 1. The highest BCUT2D eigenvalue weighted by atomic mass is 16.1. The minimum atomic E-state index is -0.256. The van der Waals surface area contributed by atoms with Gasteiger partial charge in [0.15, 0.2) is 17.2 Å². The number of nitrogens with zero attached hydrogens (tertiary/aromatic N) is 10. The van der Waals surface area contributed by atoms with Gasteiger partial charge in [-0.1, -0.05) is 12.1 Å². The van der Waals surface area contributed by atoms with Crippen molar-refractivity contribution in [1.82, 2.24) is 39.2 Å². The molecular weight excluding hydrogens is 518 g/mol. The average Bonchev–Trinajstić information content (AvgIpc) is 3.28. The molecule has 1 saturated heterocycles. The summed E-state index contributed by atoms with van der Waals surface area (Å²) in [6.45, 7) is 8.13. The van der Waals surface area contributed by atoms with Crippen molar-refractivity contribution >= 4 is 28.4 Å². The first kappa shape index (κ1) is 25.8. The first-order valence-electron chi connectivity index (χ1n) is 13.1. The Labute approximate surface area is 235 Å². The van der Waals surface area contributed by atoms with Crippen molar-refractivity contribution in [2.24, 2.45) is 0 Å². The van der Waals surface area contributed by atoms with Gasteiger partial charge in [-0.15, -0.1) is 6.58 Å². The number of rotatable bonds is 7. The molecule has 0 bridgehead atoms. The average molecular weight is 546 g/mol. The Hall–Kier alpha value is -5.41. The Morgan fingerprint density at radius 1 is 0.976 bits per heavy atom. The van der Waals surface area contributed by atoms with Crippen LogP contribution in [0.15, 0.2) is 78.5 Å². The number of hydrogen-bond donors (Lipinski definition) is 1. The molecule has 12 nitrogen and oxygen atoms in total. The van der Waals surface area contributed by atoms with Crippen LogP contribution in [0.4, 0.5) is 17.3 Å².